The molecule has 1 aromatic heterocycles. The molecule has 1 heterocycles. The zero-order valence-electron chi connectivity index (χ0n) is 8.56. The van der Waals surface area contributed by atoms with Gasteiger partial charge in [0.2, 0.25) is 0 Å². The third kappa shape index (κ3) is 2.82. The number of amides is 1. The first-order valence-corrected chi connectivity index (χ1v) is 6.19. The fourth-order valence-corrected chi connectivity index (χ4v) is 2.35. The Labute approximate surface area is 96.8 Å². The van der Waals surface area contributed by atoms with E-state index in [9.17, 15) is 4.79 Å². The third-order valence-electron chi connectivity index (χ3n) is 2.16. The minimum absolute atomic E-state index is 0.00118. The third-order valence-corrected chi connectivity index (χ3v) is 4.00. The molecule has 0 aliphatic carbocycles. The Morgan fingerprint density at radius 2 is 2.29 bits per heavy atom. The van der Waals surface area contributed by atoms with E-state index < -0.39 is 0 Å². The molecule has 1 rings (SSSR count). The van der Waals surface area contributed by atoms with Gasteiger partial charge in [0.25, 0.3) is 5.91 Å². The molecule has 0 aliphatic heterocycles. The normalized spacial score (nSPS) is 11.4. The van der Waals surface area contributed by atoms with E-state index in [4.69, 9.17) is 0 Å². The summed E-state index contributed by atoms with van der Waals surface area (Å²) in [4.78, 5) is 12.5. The quantitative estimate of drug-likeness (QED) is 0.900. The number of carbonyl (C=O) groups excluding carboxylic acids is 1. The average Bonchev–Trinajstić information content (AvgIpc) is 2.51. The number of carbonyl (C=O) groups is 1. The Morgan fingerprint density at radius 3 is 2.71 bits per heavy atom. The number of halogens is 1. The van der Waals surface area contributed by atoms with E-state index in [1.807, 2.05) is 25.3 Å². The Morgan fingerprint density at radius 1 is 1.64 bits per heavy atom. The zero-order chi connectivity index (χ0) is 10.8. The van der Waals surface area contributed by atoms with Crippen LogP contribution in [0.25, 0.3) is 0 Å². The van der Waals surface area contributed by atoms with Crippen molar-refractivity contribution in [3.63, 3.8) is 0 Å². The highest BCUT2D eigenvalue weighted by atomic mass is 79.9. The molecule has 0 saturated heterocycles. The summed E-state index contributed by atoms with van der Waals surface area (Å²) in [6.45, 7) is 6.10. The first-order chi connectivity index (χ1) is 6.46. The molecule has 0 aliphatic rings. The van der Waals surface area contributed by atoms with Crippen molar-refractivity contribution in [1.82, 2.24) is 5.32 Å². The monoisotopic (exact) mass is 275 g/mol. The Bertz CT molecular complexity index is 333. The van der Waals surface area contributed by atoms with Gasteiger partial charge < -0.3 is 5.32 Å². The summed E-state index contributed by atoms with van der Waals surface area (Å²) in [5, 5.41) is 4.89. The molecule has 0 atom stereocenters. The van der Waals surface area contributed by atoms with Crippen molar-refractivity contribution in [2.24, 2.45) is 0 Å². The average molecular weight is 276 g/mol. The molecule has 0 spiro atoms. The maximum absolute atomic E-state index is 11.8. The van der Waals surface area contributed by atoms with E-state index in [1.165, 1.54) is 11.3 Å². The van der Waals surface area contributed by atoms with Crippen molar-refractivity contribution in [1.29, 1.82) is 0 Å². The van der Waals surface area contributed by atoms with E-state index in [2.05, 4.69) is 28.2 Å². The van der Waals surface area contributed by atoms with Gasteiger partial charge in [0.15, 0.2) is 0 Å². The molecule has 1 amide bonds. The summed E-state index contributed by atoms with van der Waals surface area (Å²) in [6.07, 6.45) is 0.918. The highest BCUT2D eigenvalue weighted by molar-refractivity contribution is 9.10. The largest absolute Gasteiger partial charge is 0.346 e. The van der Waals surface area contributed by atoms with E-state index in [-0.39, 0.29) is 11.4 Å². The maximum atomic E-state index is 11.8. The second-order valence-electron chi connectivity index (χ2n) is 3.79. The number of nitrogens with one attached hydrogen (secondary N) is 1. The van der Waals surface area contributed by atoms with Crippen molar-refractivity contribution in [2.75, 3.05) is 0 Å². The van der Waals surface area contributed by atoms with Crippen LogP contribution in [0.4, 0.5) is 0 Å². The molecule has 0 bridgehead atoms. The van der Waals surface area contributed by atoms with Gasteiger partial charge in [-0.2, -0.15) is 0 Å². The number of hydrogen-bond acceptors (Lipinski definition) is 2. The van der Waals surface area contributed by atoms with Crippen LogP contribution in [-0.2, 0) is 0 Å². The van der Waals surface area contributed by atoms with E-state index in [0.717, 1.165) is 15.8 Å². The lowest BCUT2D eigenvalue weighted by Crippen LogP contribution is -2.42. The number of rotatable bonds is 3. The Balaban J connectivity index is 2.73. The van der Waals surface area contributed by atoms with Crippen molar-refractivity contribution in [3.05, 3.63) is 20.8 Å². The van der Waals surface area contributed by atoms with Crippen molar-refractivity contribution >= 4 is 33.2 Å². The van der Waals surface area contributed by atoms with Crippen LogP contribution < -0.4 is 5.32 Å². The van der Waals surface area contributed by atoms with Crippen LogP contribution in [-0.4, -0.2) is 11.4 Å². The van der Waals surface area contributed by atoms with E-state index in [1.54, 1.807) is 0 Å². The van der Waals surface area contributed by atoms with Gasteiger partial charge in [0, 0.05) is 10.0 Å². The van der Waals surface area contributed by atoms with Gasteiger partial charge in [-0.25, -0.2) is 0 Å². The second-order valence-corrected chi connectivity index (χ2v) is 5.56. The maximum Gasteiger partial charge on any atom is 0.262 e. The fourth-order valence-electron chi connectivity index (χ4n) is 0.908. The number of hydrogen-bond donors (Lipinski definition) is 1. The van der Waals surface area contributed by atoms with Crippen LogP contribution in [0.2, 0.25) is 0 Å². The van der Waals surface area contributed by atoms with Crippen molar-refractivity contribution in [2.45, 2.75) is 32.7 Å². The molecule has 1 N–H and O–H groups in total. The highest BCUT2D eigenvalue weighted by Gasteiger charge is 2.20. The molecule has 78 valence electrons. The van der Waals surface area contributed by atoms with Crippen LogP contribution in [0.3, 0.4) is 0 Å². The molecule has 4 heteroatoms. The van der Waals surface area contributed by atoms with Gasteiger partial charge in [0.05, 0.1) is 0 Å². The predicted molar refractivity (Wildman–Crippen MR) is 63.9 cm³/mol. The molecule has 2 nitrogen and oxygen atoms in total. The summed E-state index contributed by atoms with van der Waals surface area (Å²) in [6, 6.07) is 1.89. The molecule has 1 aromatic rings. The minimum Gasteiger partial charge on any atom is -0.346 e. The van der Waals surface area contributed by atoms with Gasteiger partial charge in [-0.3, -0.25) is 4.79 Å². The van der Waals surface area contributed by atoms with Gasteiger partial charge >= 0.3 is 0 Å². The van der Waals surface area contributed by atoms with E-state index in [0.29, 0.717) is 0 Å². The lowest BCUT2D eigenvalue weighted by molar-refractivity contribution is 0.0915. The van der Waals surface area contributed by atoms with Crippen LogP contribution in [0, 0.1) is 0 Å². The van der Waals surface area contributed by atoms with Crippen LogP contribution in [0.15, 0.2) is 15.9 Å². The van der Waals surface area contributed by atoms with Crippen LogP contribution in [0.1, 0.15) is 36.9 Å². The summed E-state index contributed by atoms with van der Waals surface area (Å²) >= 11 is 4.80. The molecular weight excluding hydrogens is 262 g/mol. The zero-order valence-corrected chi connectivity index (χ0v) is 11.0. The summed E-state index contributed by atoms with van der Waals surface area (Å²) in [5.74, 6) is -0.00118. The van der Waals surface area contributed by atoms with Crippen molar-refractivity contribution in [3.8, 4) is 0 Å². The number of thiophene rings is 1. The van der Waals surface area contributed by atoms with Crippen LogP contribution >= 0.6 is 27.3 Å². The second kappa shape index (κ2) is 4.45. The fraction of sp³-hybridized carbons (Fsp3) is 0.500. The van der Waals surface area contributed by atoms with Gasteiger partial charge in [-0.05, 0) is 47.6 Å². The SMILES string of the molecule is CCC(C)(C)NC(=O)c1sccc1Br. The highest BCUT2D eigenvalue weighted by Crippen LogP contribution is 2.23. The van der Waals surface area contributed by atoms with Gasteiger partial charge in [-0.1, -0.05) is 6.92 Å². The summed E-state index contributed by atoms with van der Waals surface area (Å²) < 4.78 is 0.868. The van der Waals surface area contributed by atoms with Crippen LogP contribution in [0.5, 0.6) is 0 Å². The summed E-state index contributed by atoms with van der Waals surface area (Å²) in [5.41, 5.74) is -0.138. The smallest absolute Gasteiger partial charge is 0.262 e. The van der Waals surface area contributed by atoms with Gasteiger partial charge in [-0.15, -0.1) is 11.3 Å². The molecule has 0 fully saturated rings. The van der Waals surface area contributed by atoms with Gasteiger partial charge in [0.1, 0.15) is 4.88 Å². The predicted octanol–water partition coefficient (Wildman–Crippen LogP) is 3.43. The Kier molecular flexibility index (Phi) is 3.72. The topological polar surface area (TPSA) is 29.1 Å². The first-order valence-electron chi connectivity index (χ1n) is 4.52. The molecular formula is C10H14BrNOS. The lowest BCUT2D eigenvalue weighted by Gasteiger charge is -2.24. The molecule has 0 unspecified atom stereocenters. The summed E-state index contributed by atoms with van der Waals surface area (Å²) in [7, 11) is 0. The molecule has 14 heavy (non-hydrogen) atoms. The molecule has 0 radical (unpaired) electrons. The van der Waals surface area contributed by atoms with Crippen molar-refractivity contribution < 1.29 is 4.79 Å². The lowest BCUT2D eigenvalue weighted by atomic mass is 10.0. The minimum atomic E-state index is -0.138. The Hall–Kier alpha value is -0.350. The standard InChI is InChI=1S/C10H14BrNOS/c1-4-10(2,3)12-9(13)8-7(11)5-6-14-8/h5-6H,4H2,1-3H3,(H,12,13). The molecule has 0 saturated carbocycles. The first kappa shape index (κ1) is 11.7. The molecule has 0 aromatic carbocycles. The van der Waals surface area contributed by atoms with E-state index >= 15 is 0 Å².